The van der Waals surface area contributed by atoms with Crippen molar-refractivity contribution >= 4 is 23.0 Å². The zero-order chi connectivity index (χ0) is 25.6. The number of rotatable bonds is 9. The van der Waals surface area contributed by atoms with Gasteiger partial charge in [-0.15, -0.1) is 0 Å². The van der Waals surface area contributed by atoms with Gasteiger partial charge in [-0.3, -0.25) is 9.48 Å². The Morgan fingerprint density at radius 1 is 1.08 bits per heavy atom. The SMILES string of the molecule is N#Cc1cccc2nn(CCCCCCC34CC(C(=O)N5N=CCC5c5cc(F)cc(F)c5)(C3)C4)cc12. The summed E-state index contributed by atoms with van der Waals surface area (Å²) in [5.41, 5.74) is 1.93. The number of aromatic nitrogens is 2. The summed E-state index contributed by atoms with van der Waals surface area (Å²) in [5, 5.41) is 20.5. The Labute approximate surface area is 214 Å². The normalized spacial score (nSPS) is 25.6. The lowest BCUT2D eigenvalue weighted by Crippen LogP contribution is -2.67. The summed E-state index contributed by atoms with van der Waals surface area (Å²) in [6.45, 7) is 0.842. The average molecular weight is 502 g/mol. The van der Waals surface area contributed by atoms with Crippen LogP contribution in [0.4, 0.5) is 8.78 Å². The van der Waals surface area contributed by atoms with Crippen molar-refractivity contribution in [1.29, 1.82) is 5.26 Å². The Morgan fingerprint density at radius 3 is 2.59 bits per heavy atom. The Balaban J connectivity index is 0.946. The van der Waals surface area contributed by atoms with Crippen molar-refractivity contribution in [3.63, 3.8) is 0 Å². The van der Waals surface area contributed by atoms with Crippen molar-refractivity contribution in [1.82, 2.24) is 14.8 Å². The van der Waals surface area contributed by atoms with Crippen LogP contribution in [0.1, 0.15) is 75.0 Å². The third kappa shape index (κ3) is 4.20. The second kappa shape index (κ2) is 9.05. The van der Waals surface area contributed by atoms with Crippen molar-refractivity contribution < 1.29 is 13.6 Å². The highest BCUT2D eigenvalue weighted by atomic mass is 19.1. The van der Waals surface area contributed by atoms with Gasteiger partial charge in [-0.2, -0.15) is 15.5 Å². The molecular weight excluding hydrogens is 472 g/mol. The van der Waals surface area contributed by atoms with Gasteiger partial charge in [-0.05, 0) is 67.3 Å². The van der Waals surface area contributed by atoms with E-state index in [-0.39, 0.29) is 16.7 Å². The van der Waals surface area contributed by atoms with E-state index in [1.165, 1.54) is 17.1 Å². The van der Waals surface area contributed by atoms with Gasteiger partial charge in [0.15, 0.2) is 0 Å². The molecule has 1 unspecified atom stereocenters. The average Bonchev–Trinajstić information content (AvgIpc) is 3.47. The van der Waals surface area contributed by atoms with Crippen molar-refractivity contribution in [2.75, 3.05) is 0 Å². The number of amides is 1. The standard InChI is InChI=1S/C29H29F2N5O/c30-22-12-21(13-23(31)14-22)26-8-10-33-36(26)27(37)29-17-28(18-29,19-29)9-3-1-2-4-11-35-16-24-20(15-32)6-5-7-25(24)34-35/h5-7,10,12-14,16,26H,1-4,8-9,11,17-19H2. The van der Waals surface area contributed by atoms with E-state index in [4.69, 9.17) is 0 Å². The quantitative estimate of drug-likeness (QED) is 0.325. The minimum absolute atomic E-state index is 0.00367. The number of halogens is 2. The van der Waals surface area contributed by atoms with E-state index in [2.05, 4.69) is 16.3 Å². The number of fused-ring (bicyclic) bond motifs is 1. The molecule has 0 saturated heterocycles. The van der Waals surface area contributed by atoms with Crippen LogP contribution in [-0.2, 0) is 11.3 Å². The van der Waals surface area contributed by atoms with E-state index in [0.29, 0.717) is 17.5 Å². The number of unbranched alkanes of at least 4 members (excludes halogenated alkanes) is 3. The third-order valence-corrected chi connectivity index (χ3v) is 8.46. The minimum atomic E-state index is -0.634. The molecule has 1 aromatic heterocycles. The number of hydrogen-bond donors (Lipinski definition) is 0. The number of benzene rings is 2. The molecule has 2 heterocycles. The first-order valence-electron chi connectivity index (χ1n) is 13.1. The van der Waals surface area contributed by atoms with Gasteiger partial charge in [0.05, 0.1) is 28.6 Å². The Morgan fingerprint density at radius 2 is 1.84 bits per heavy atom. The second-order valence-electron chi connectivity index (χ2n) is 11.1. The summed E-state index contributed by atoms with van der Waals surface area (Å²) in [7, 11) is 0. The van der Waals surface area contributed by atoms with Crippen molar-refractivity contribution in [3.8, 4) is 6.07 Å². The van der Waals surface area contributed by atoms with Gasteiger partial charge in [0.1, 0.15) is 11.6 Å². The molecular formula is C29H29F2N5O. The monoisotopic (exact) mass is 501 g/mol. The molecule has 3 aromatic rings. The fraction of sp³-hybridized carbons (Fsp3) is 0.448. The fourth-order valence-corrected chi connectivity index (χ4v) is 6.82. The molecule has 6 nitrogen and oxygen atoms in total. The van der Waals surface area contributed by atoms with Gasteiger partial charge in [-0.1, -0.05) is 25.3 Å². The maximum atomic E-state index is 13.7. The molecule has 37 heavy (non-hydrogen) atoms. The van der Waals surface area contributed by atoms with Crippen LogP contribution < -0.4 is 0 Å². The van der Waals surface area contributed by atoms with Gasteiger partial charge in [0.25, 0.3) is 0 Å². The van der Waals surface area contributed by atoms with E-state index in [1.807, 2.05) is 29.1 Å². The van der Waals surface area contributed by atoms with Gasteiger partial charge in [-0.25, -0.2) is 13.8 Å². The highest BCUT2D eigenvalue weighted by molar-refractivity contribution is 5.88. The summed E-state index contributed by atoms with van der Waals surface area (Å²) >= 11 is 0. The number of carbonyl (C=O) groups is 1. The second-order valence-corrected chi connectivity index (χ2v) is 11.1. The summed E-state index contributed by atoms with van der Waals surface area (Å²) in [4.78, 5) is 13.3. The molecule has 2 aromatic carbocycles. The van der Waals surface area contributed by atoms with Crippen molar-refractivity contribution in [2.24, 2.45) is 15.9 Å². The van der Waals surface area contributed by atoms with Crippen LogP contribution in [0.25, 0.3) is 10.9 Å². The Kier molecular flexibility index (Phi) is 5.82. The number of carbonyl (C=O) groups excluding carboxylic acids is 1. The van der Waals surface area contributed by atoms with E-state index in [0.717, 1.165) is 74.9 Å². The Bertz CT molecular complexity index is 1400. The first kappa shape index (κ1) is 23.8. The molecule has 3 aliphatic carbocycles. The van der Waals surface area contributed by atoms with Crippen LogP contribution in [0.2, 0.25) is 0 Å². The van der Waals surface area contributed by atoms with Crippen LogP contribution in [-0.4, -0.2) is 26.9 Å². The van der Waals surface area contributed by atoms with Crippen LogP contribution >= 0.6 is 0 Å². The molecule has 0 radical (unpaired) electrons. The first-order chi connectivity index (χ1) is 17.9. The maximum Gasteiger partial charge on any atom is 0.249 e. The summed E-state index contributed by atoms with van der Waals surface area (Å²) in [6.07, 6.45) is 12.4. The zero-order valence-electron chi connectivity index (χ0n) is 20.7. The van der Waals surface area contributed by atoms with E-state index in [9.17, 15) is 18.8 Å². The molecule has 2 bridgehead atoms. The van der Waals surface area contributed by atoms with Crippen LogP contribution in [0, 0.1) is 33.8 Å². The van der Waals surface area contributed by atoms with E-state index in [1.54, 1.807) is 6.21 Å². The van der Waals surface area contributed by atoms with Gasteiger partial charge < -0.3 is 0 Å². The van der Waals surface area contributed by atoms with Crippen LogP contribution in [0.5, 0.6) is 0 Å². The van der Waals surface area contributed by atoms with Gasteiger partial charge >= 0.3 is 0 Å². The van der Waals surface area contributed by atoms with Gasteiger partial charge in [0.2, 0.25) is 5.91 Å². The molecule has 1 atom stereocenters. The zero-order valence-corrected chi connectivity index (χ0v) is 20.7. The largest absolute Gasteiger partial charge is 0.272 e. The highest BCUT2D eigenvalue weighted by Gasteiger charge is 2.71. The number of aryl methyl sites for hydroxylation is 1. The minimum Gasteiger partial charge on any atom is -0.272 e. The van der Waals surface area contributed by atoms with Gasteiger partial charge in [0, 0.05) is 36.8 Å². The lowest BCUT2D eigenvalue weighted by Gasteiger charge is -2.70. The molecule has 4 aliphatic rings. The molecule has 7 rings (SSSR count). The topological polar surface area (TPSA) is 74.3 Å². The maximum absolute atomic E-state index is 13.7. The molecule has 0 spiro atoms. The molecule has 1 aliphatic heterocycles. The molecule has 190 valence electrons. The molecule has 3 saturated carbocycles. The predicted octanol–water partition coefficient (Wildman–Crippen LogP) is 6.27. The summed E-state index contributed by atoms with van der Waals surface area (Å²) in [5.74, 6) is -1.26. The lowest BCUT2D eigenvalue weighted by atomic mass is 9.33. The van der Waals surface area contributed by atoms with Crippen LogP contribution in [0.15, 0.2) is 47.7 Å². The van der Waals surface area contributed by atoms with Crippen molar-refractivity contribution in [2.45, 2.75) is 70.4 Å². The summed E-state index contributed by atoms with van der Waals surface area (Å²) < 4.78 is 29.4. The smallest absolute Gasteiger partial charge is 0.249 e. The van der Waals surface area contributed by atoms with E-state index < -0.39 is 17.7 Å². The first-order valence-corrected chi connectivity index (χ1v) is 13.1. The molecule has 3 fully saturated rings. The van der Waals surface area contributed by atoms with Crippen molar-refractivity contribution in [3.05, 3.63) is 65.4 Å². The third-order valence-electron chi connectivity index (χ3n) is 8.46. The fourth-order valence-electron chi connectivity index (χ4n) is 6.82. The lowest BCUT2D eigenvalue weighted by molar-refractivity contribution is -0.220. The Hall–Kier alpha value is -3.60. The number of hydrogen-bond acceptors (Lipinski definition) is 4. The molecule has 0 N–H and O–H groups in total. The van der Waals surface area contributed by atoms with Crippen LogP contribution in [0.3, 0.4) is 0 Å². The molecule has 8 heteroatoms. The number of nitriles is 1. The highest BCUT2D eigenvalue weighted by Crippen LogP contribution is 2.76. The molecule has 1 amide bonds. The number of nitrogens with zero attached hydrogens (tertiary/aromatic N) is 5. The number of hydrazone groups is 1. The van der Waals surface area contributed by atoms with E-state index >= 15 is 0 Å². The predicted molar refractivity (Wildman–Crippen MR) is 135 cm³/mol. The summed E-state index contributed by atoms with van der Waals surface area (Å²) in [6, 6.07) is 10.9.